The van der Waals surface area contributed by atoms with E-state index in [0.717, 1.165) is 25.0 Å². The van der Waals surface area contributed by atoms with Gasteiger partial charge >= 0.3 is 0 Å². The van der Waals surface area contributed by atoms with Crippen LogP contribution in [0.1, 0.15) is 54.4 Å². The summed E-state index contributed by atoms with van der Waals surface area (Å²) in [6.45, 7) is 3.71. The van der Waals surface area contributed by atoms with Crippen molar-refractivity contribution in [3.8, 4) is 0 Å². The maximum absolute atomic E-state index is 14.3. The number of amides is 1. The Morgan fingerprint density at radius 3 is 2.71 bits per heavy atom. The molecule has 0 saturated carbocycles. The largest absolute Gasteiger partial charge is 0.386 e. The average molecular weight is 592 g/mol. The van der Waals surface area contributed by atoms with Gasteiger partial charge in [0, 0.05) is 24.1 Å². The Bertz CT molecular complexity index is 1470. The molecule has 11 heteroatoms. The first-order chi connectivity index (χ1) is 16.5. The van der Waals surface area contributed by atoms with Crippen molar-refractivity contribution >= 4 is 51.0 Å². The second-order valence-electron chi connectivity index (χ2n) is 9.27. The Morgan fingerprint density at radius 1 is 1.20 bits per heavy atom. The van der Waals surface area contributed by atoms with E-state index in [0.29, 0.717) is 23.5 Å². The fourth-order valence-electron chi connectivity index (χ4n) is 4.40. The number of nitrogen functional groups attached to an aromatic ring is 1. The summed E-state index contributed by atoms with van der Waals surface area (Å²) in [6, 6.07) is 8.89. The number of hydrogen-bond acceptors (Lipinski definition) is 6. The molecule has 182 valence electrons. The van der Waals surface area contributed by atoms with Gasteiger partial charge in [0.25, 0.3) is 5.91 Å². The van der Waals surface area contributed by atoms with Gasteiger partial charge in [-0.25, -0.2) is 18.7 Å². The van der Waals surface area contributed by atoms with Crippen molar-refractivity contribution in [1.29, 1.82) is 0 Å². The molecule has 1 aliphatic rings. The third-order valence-electron chi connectivity index (χ3n) is 6.29. The standard InChI is InChI=1S/C24H23F2IN6O2/c1-24(2,35)14-5-3-4-12(8-14)22(34)32-11-13(6-7-18(32)27)20-30-21-16-9-15(25)10-17(26)19(16)29-23(28)33(21)31-20/h3-5,8-10,13,18,35H,6-7,11H2,1-2H3,(H2,28,29)/t13-,18-/m1/s1. The molecule has 5 rings (SSSR count). The van der Waals surface area contributed by atoms with E-state index in [4.69, 9.17) is 5.73 Å². The van der Waals surface area contributed by atoms with Crippen LogP contribution in [0, 0.1) is 11.6 Å². The van der Waals surface area contributed by atoms with Crippen LogP contribution in [0.25, 0.3) is 16.6 Å². The lowest BCUT2D eigenvalue weighted by molar-refractivity contribution is 0.0685. The first kappa shape index (κ1) is 23.8. The smallest absolute Gasteiger partial charge is 0.254 e. The number of alkyl halides is 1. The summed E-state index contributed by atoms with van der Waals surface area (Å²) in [5.41, 5.74) is 6.21. The highest BCUT2D eigenvalue weighted by Gasteiger charge is 2.34. The molecule has 0 aliphatic carbocycles. The van der Waals surface area contributed by atoms with Crippen LogP contribution in [0.2, 0.25) is 0 Å². The number of carbonyl (C=O) groups excluding carboxylic acids is 1. The van der Waals surface area contributed by atoms with Crippen LogP contribution in [0.5, 0.6) is 0 Å². The first-order valence-electron chi connectivity index (χ1n) is 11.1. The number of carbonyl (C=O) groups is 1. The summed E-state index contributed by atoms with van der Waals surface area (Å²) in [5.74, 6) is -1.55. The maximum atomic E-state index is 14.3. The van der Waals surface area contributed by atoms with Gasteiger partial charge in [0.05, 0.1) is 15.0 Å². The Kier molecular flexibility index (Phi) is 5.86. The molecule has 1 aliphatic heterocycles. The number of halogens is 3. The molecule has 0 radical (unpaired) electrons. The molecule has 1 fully saturated rings. The SMILES string of the molecule is CC(C)(O)c1cccc(C(=O)N2C[C@H](c3nc4c5cc(F)cc(F)c5nc(N)n4n3)CC[C@@H]2I)c1. The van der Waals surface area contributed by atoms with Crippen LogP contribution in [0.4, 0.5) is 14.7 Å². The number of benzene rings is 2. The second kappa shape index (κ2) is 8.63. The highest BCUT2D eigenvalue weighted by atomic mass is 127. The Hall–Kier alpha value is -2.93. The summed E-state index contributed by atoms with van der Waals surface area (Å²) in [7, 11) is 0. The lowest BCUT2D eigenvalue weighted by atomic mass is 9.94. The van der Waals surface area contributed by atoms with Crippen LogP contribution in [0.15, 0.2) is 36.4 Å². The zero-order valence-corrected chi connectivity index (χ0v) is 21.2. The average Bonchev–Trinajstić information content (AvgIpc) is 3.26. The molecule has 2 atom stereocenters. The van der Waals surface area contributed by atoms with Crippen molar-refractivity contribution < 1.29 is 18.7 Å². The molecule has 35 heavy (non-hydrogen) atoms. The summed E-state index contributed by atoms with van der Waals surface area (Å²) in [4.78, 5) is 23.8. The number of piperidine rings is 1. The van der Waals surface area contributed by atoms with Crippen molar-refractivity contribution in [2.24, 2.45) is 0 Å². The fourth-order valence-corrected chi connectivity index (χ4v) is 5.24. The fraction of sp³-hybridized carbons (Fsp3) is 0.333. The van der Waals surface area contributed by atoms with E-state index in [1.165, 1.54) is 4.52 Å². The van der Waals surface area contributed by atoms with Gasteiger partial charge in [0.1, 0.15) is 11.3 Å². The maximum Gasteiger partial charge on any atom is 0.254 e. The number of rotatable bonds is 3. The molecular weight excluding hydrogens is 569 g/mol. The number of aliphatic hydroxyl groups is 1. The number of hydrogen-bond donors (Lipinski definition) is 2. The molecule has 1 amide bonds. The number of likely N-dealkylation sites (tertiary alicyclic amines) is 1. The minimum atomic E-state index is -1.07. The van der Waals surface area contributed by atoms with Crippen LogP contribution in [-0.2, 0) is 5.60 Å². The van der Waals surface area contributed by atoms with Crippen molar-refractivity contribution in [2.75, 3.05) is 12.3 Å². The summed E-state index contributed by atoms with van der Waals surface area (Å²) in [6.07, 6.45) is 1.45. The number of fused-ring (bicyclic) bond motifs is 3. The van der Waals surface area contributed by atoms with Gasteiger partial charge in [-0.3, -0.25) is 4.79 Å². The van der Waals surface area contributed by atoms with E-state index in [9.17, 15) is 18.7 Å². The van der Waals surface area contributed by atoms with Gasteiger partial charge < -0.3 is 15.7 Å². The van der Waals surface area contributed by atoms with Crippen LogP contribution < -0.4 is 5.73 Å². The molecule has 3 heterocycles. The quantitative estimate of drug-likeness (QED) is 0.210. The molecule has 1 saturated heterocycles. The normalized spacial score (nSPS) is 19.0. The van der Waals surface area contributed by atoms with Gasteiger partial charge in [0.15, 0.2) is 17.3 Å². The van der Waals surface area contributed by atoms with Gasteiger partial charge in [-0.15, -0.1) is 5.10 Å². The lowest BCUT2D eigenvalue weighted by Crippen LogP contribution is -2.43. The van der Waals surface area contributed by atoms with Gasteiger partial charge in [-0.2, -0.15) is 4.52 Å². The van der Waals surface area contributed by atoms with Crippen molar-refractivity contribution in [3.05, 3.63) is 65.0 Å². The van der Waals surface area contributed by atoms with E-state index < -0.39 is 17.2 Å². The Balaban J connectivity index is 1.50. The minimum Gasteiger partial charge on any atom is -0.386 e. The molecule has 4 aromatic rings. The number of nitrogens with zero attached hydrogens (tertiary/aromatic N) is 5. The molecule has 0 unspecified atom stereocenters. The van der Waals surface area contributed by atoms with E-state index in [1.807, 2.05) is 0 Å². The van der Waals surface area contributed by atoms with E-state index >= 15 is 0 Å². The predicted molar refractivity (Wildman–Crippen MR) is 135 cm³/mol. The molecule has 8 nitrogen and oxygen atoms in total. The van der Waals surface area contributed by atoms with Crippen molar-refractivity contribution in [1.82, 2.24) is 24.5 Å². The number of anilines is 1. The topological polar surface area (TPSA) is 110 Å². The van der Waals surface area contributed by atoms with Crippen molar-refractivity contribution in [2.45, 2.75) is 42.3 Å². The van der Waals surface area contributed by atoms with Crippen molar-refractivity contribution in [3.63, 3.8) is 0 Å². The predicted octanol–water partition coefficient (Wildman–Crippen LogP) is 4.15. The monoisotopic (exact) mass is 592 g/mol. The minimum absolute atomic E-state index is 0.0325. The van der Waals surface area contributed by atoms with E-state index in [2.05, 4.69) is 37.7 Å². The second-order valence-corrected chi connectivity index (χ2v) is 10.7. The summed E-state index contributed by atoms with van der Waals surface area (Å²) in [5, 5.41) is 15.0. The highest BCUT2D eigenvalue weighted by Crippen LogP contribution is 2.34. The van der Waals surface area contributed by atoms with Crippen LogP contribution >= 0.6 is 22.6 Å². The van der Waals surface area contributed by atoms with Crippen LogP contribution in [-0.4, -0.2) is 46.1 Å². The number of aromatic nitrogens is 4. The third-order valence-corrected chi connectivity index (χ3v) is 7.58. The first-order valence-corrected chi connectivity index (χ1v) is 12.4. The van der Waals surface area contributed by atoms with Gasteiger partial charge in [0.2, 0.25) is 5.95 Å². The molecule has 0 bridgehead atoms. The Morgan fingerprint density at radius 2 is 1.97 bits per heavy atom. The number of nitrogens with two attached hydrogens (primary N) is 1. The van der Waals surface area contributed by atoms with Crippen LogP contribution in [0.3, 0.4) is 0 Å². The molecule has 2 aromatic heterocycles. The van der Waals surface area contributed by atoms with E-state index in [-0.39, 0.29) is 38.4 Å². The zero-order chi connectivity index (χ0) is 25.1. The summed E-state index contributed by atoms with van der Waals surface area (Å²) >= 11 is 2.25. The molecule has 2 aromatic carbocycles. The van der Waals surface area contributed by atoms with Gasteiger partial charge in [-0.1, -0.05) is 34.7 Å². The molecule has 0 spiro atoms. The molecular formula is C24H23F2IN6O2. The van der Waals surface area contributed by atoms with Gasteiger partial charge in [-0.05, 0) is 50.5 Å². The molecule has 3 N–H and O–H groups in total. The zero-order valence-electron chi connectivity index (χ0n) is 19.0. The Labute approximate surface area is 213 Å². The highest BCUT2D eigenvalue weighted by molar-refractivity contribution is 14.1. The summed E-state index contributed by atoms with van der Waals surface area (Å²) < 4.78 is 29.5. The lowest BCUT2D eigenvalue weighted by Gasteiger charge is -2.36. The third kappa shape index (κ3) is 4.31. The van der Waals surface area contributed by atoms with E-state index in [1.54, 1.807) is 43.0 Å².